The average Bonchev–Trinajstić information content (AvgIpc) is 2.97. The molecule has 2 aromatic carbocycles. The van der Waals surface area contributed by atoms with Gasteiger partial charge in [-0.2, -0.15) is 0 Å². The first kappa shape index (κ1) is 14.9. The maximum atomic E-state index is 6.17. The van der Waals surface area contributed by atoms with E-state index in [2.05, 4.69) is 59.6 Å². The van der Waals surface area contributed by atoms with Gasteiger partial charge in [-0.15, -0.1) is 0 Å². The second-order valence-electron chi connectivity index (χ2n) is 5.99. The van der Waals surface area contributed by atoms with Crippen molar-refractivity contribution in [1.29, 1.82) is 0 Å². The monoisotopic (exact) mass is 296 g/mol. The second kappa shape index (κ2) is 6.84. The molecular formula is C19H24N2O. The summed E-state index contributed by atoms with van der Waals surface area (Å²) < 4.78 is 6.17. The lowest BCUT2D eigenvalue weighted by atomic mass is 10.2. The highest BCUT2D eigenvalue weighted by Crippen LogP contribution is 2.24. The van der Waals surface area contributed by atoms with Crippen LogP contribution in [-0.2, 0) is 6.54 Å². The van der Waals surface area contributed by atoms with Gasteiger partial charge in [-0.25, -0.2) is 0 Å². The number of hydrogen-bond acceptors (Lipinski definition) is 3. The predicted octanol–water partition coefficient (Wildman–Crippen LogP) is 3.37. The first-order valence-electron chi connectivity index (χ1n) is 7.96. The third kappa shape index (κ3) is 3.60. The van der Waals surface area contributed by atoms with Crippen molar-refractivity contribution < 1.29 is 4.74 Å². The van der Waals surface area contributed by atoms with E-state index in [1.807, 2.05) is 13.1 Å². The molecule has 1 fully saturated rings. The van der Waals surface area contributed by atoms with Crippen molar-refractivity contribution in [3.63, 3.8) is 0 Å². The number of benzene rings is 2. The SMILES string of the molecule is CNCc1cccc(O[C@H]2CCN(c3ccc(C)cc3)C2)c1. The third-order valence-corrected chi connectivity index (χ3v) is 4.13. The highest BCUT2D eigenvalue weighted by molar-refractivity contribution is 5.48. The Morgan fingerprint density at radius 2 is 2.00 bits per heavy atom. The standard InChI is InChI=1S/C19H24N2O/c1-15-6-8-17(9-7-15)21-11-10-19(14-21)22-18-5-3-4-16(12-18)13-20-2/h3-9,12,19-20H,10-11,13-14H2,1-2H3/t19-/m0/s1. The first-order chi connectivity index (χ1) is 10.7. The van der Waals surface area contributed by atoms with Gasteiger partial charge >= 0.3 is 0 Å². The number of rotatable bonds is 5. The Hall–Kier alpha value is -2.00. The quantitative estimate of drug-likeness (QED) is 0.915. The van der Waals surface area contributed by atoms with Crippen molar-refractivity contribution in [1.82, 2.24) is 5.32 Å². The van der Waals surface area contributed by atoms with Gasteiger partial charge in [-0.1, -0.05) is 29.8 Å². The Kier molecular flexibility index (Phi) is 4.64. The lowest BCUT2D eigenvalue weighted by Gasteiger charge is -2.19. The van der Waals surface area contributed by atoms with Crippen LogP contribution >= 0.6 is 0 Å². The Morgan fingerprint density at radius 3 is 2.77 bits per heavy atom. The van der Waals surface area contributed by atoms with Gasteiger partial charge in [0, 0.05) is 25.2 Å². The fourth-order valence-corrected chi connectivity index (χ4v) is 2.94. The second-order valence-corrected chi connectivity index (χ2v) is 5.99. The molecule has 0 aromatic heterocycles. The van der Waals surface area contributed by atoms with E-state index in [0.717, 1.165) is 31.8 Å². The van der Waals surface area contributed by atoms with E-state index in [1.54, 1.807) is 0 Å². The molecule has 3 heteroatoms. The molecule has 1 saturated heterocycles. The fourth-order valence-electron chi connectivity index (χ4n) is 2.94. The molecule has 0 spiro atoms. The Balaban J connectivity index is 1.61. The van der Waals surface area contributed by atoms with Gasteiger partial charge in [0.05, 0.1) is 6.54 Å². The number of hydrogen-bond donors (Lipinski definition) is 1. The molecule has 3 rings (SSSR count). The molecular weight excluding hydrogens is 272 g/mol. The summed E-state index contributed by atoms with van der Waals surface area (Å²) in [5.74, 6) is 0.975. The number of nitrogens with zero attached hydrogens (tertiary/aromatic N) is 1. The van der Waals surface area contributed by atoms with Crippen LogP contribution in [0.4, 0.5) is 5.69 Å². The van der Waals surface area contributed by atoms with Gasteiger partial charge in [-0.05, 0) is 43.8 Å². The van der Waals surface area contributed by atoms with Crippen molar-refractivity contribution in [2.75, 3.05) is 25.0 Å². The molecule has 0 aliphatic carbocycles. The summed E-state index contributed by atoms with van der Waals surface area (Å²) in [5, 5.41) is 3.17. The number of nitrogens with one attached hydrogen (secondary N) is 1. The zero-order valence-corrected chi connectivity index (χ0v) is 13.4. The molecule has 0 saturated carbocycles. The molecule has 116 valence electrons. The molecule has 1 N–H and O–H groups in total. The number of aryl methyl sites for hydroxylation is 1. The zero-order valence-electron chi connectivity index (χ0n) is 13.4. The minimum atomic E-state index is 0.270. The molecule has 0 bridgehead atoms. The van der Waals surface area contributed by atoms with Gasteiger partial charge in [0.1, 0.15) is 11.9 Å². The highest BCUT2D eigenvalue weighted by Gasteiger charge is 2.24. The van der Waals surface area contributed by atoms with Crippen molar-refractivity contribution in [3.8, 4) is 5.75 Å². The molecule has 0 amide bonds. The van der Waals surface area contributed by atoms with Crippen molar-refractivity contribution >= 4 is 5.69 Å². The van der Waals surface area contributed by atoms with E-state index in [4.69, 9.17) is 4.74 Å². The molecule has 1 aliphatic heterocycles. The van der Waals surface area contributed by atoms with Crippen molar-refractivity contribution in [2.24, 2.45) is 0 Å². The lowest BCUT2D eigenvalue weighted by Crippen LogP contribution is -2.24. The highest BCUT2D eigenvalue weighted by atomic mass is 16.5. The number of ether oxygens (including phenoxy) is 1. The normalized spacial score (nSPS) is 17.7. The van der Waals surface area contributed by atoms with Gasteiger partial charge in [0.25, 0.3) is 0 Å². The van der Waals surface area contributed by atoms with E-state index in [-0.39, 0.29) is 6.10 Å². The van der Waals surface area contributed by atoms with E-state index >= 15 is 0 Å². The molecule has 3 nitrogen and oxygen atoms in total. The minimum absolute atomic E-state index is 0.270. The molecule has 1 aliphatic rings. The van der Waals surface area contributed by atoms with E-state index < -0.39 is 0 Å². The van der Waals surface area contributed by atoms with E-state index in [9.17, 15) is 0 Å². The zero-order chi connectivity index (χ0) is 15.4. The maximum Gasteiger partial charge on any atom is 0.120 e. The van der Waals surface area contributed by atoms with Gasteiger partial charge in [-0.3, -0.25) is 0 Å². The van der Waals surface area contributed by atoms with E-state index in [0.29, 0.717) is 0 Å². The van der Waals surface area contributed by atoms with Crippen LogP contribution in [0.2, 0.25) is 0 Å². The molecule has 0 radical (unpaired) electrons. The molecule has 0 unspecified atom stereocenters. The Labute approximate surface area is 132 Å². The van der Waals surface area contributed by atoms with Crippen LogP contribution < -0.4 is 15.0 Å². The van der Waals surface area contributed by atoms with Crippen LogP contribution in [0.3, 0.4) is 0 Å². The maximum absolute atomic E-state index is 6.17. The van der Waals surface area contributed by atoms with Gasteiger partial charge in [0.15, 0.2) is 0 Å². The lowest BCUT2D eigenvalue weighted by molar-refractivity contribution is 0.225. The fraction of sp³-hybridized carbons (Fsp3) is 0.368. The van der Waals surface area contributed by atoms with Gasteiger partial charge in [0.2, 0.25) is 0 Å². The summed E-state index contributed by atoms with van der Waals surface area (Å²) in [6.07, 6.45) is 1.34. The molecule has 2 aromatic rings. The van der Waals surface area contributed by atoms with Crippen LogP contribution in [0.15, 0.2) is 48.5 Å². The summed E-state index contributed by atoms with van der Waals surface area (Å²) >= 11 is 0. The summed E-state index contributed by atoms with van der Waals surface area (Å²) in [7, 11) is 1.96. The van der Waals surface area contributed by atoms with Crippen LogP contribution in [0, 0.1) is 6.92 Å². The summed E-state index contributed by atoms with van der Waals surface area (Å²) in [4.78, 5) is 2.40. The molecule has 1 heterocycles. The van der Waals surface area contributed by atoms with Crippen molar-refractivity contribution in [3.05, 3.63) is 59.7 Å². The predicted molar refractivity (Wildman–Crippen MR) is 91.6 cm³/mol. The van der Waals surface area contributed by atoms with Gasteiger partial charge < -0.3 is 15.0 Å². The van der Waals surface area contributed by atoms with E-state index in [1.165, 1.54) is 16.8 Å². The Bertz CT molecular complexity index is 609. The summed E-state index contributed by atoms with van der Waals surface area (Å²) in [5.41, 5.74) is 3.85. The smallest absolute Gasteiger partial charge is 0.120 e. The largest absolute Gasteiger partial charge is 0.489 e. The van der Waals surface area contributed by atoms with Crippen LogP contribution in [0.1, 0.15) is 17.5 Å². The summed E-state index contributed by atoms with van der Waals surface area (Å²) in [6, 6.07) is 17.1. The van der Waals surface area contributed by atoms with Crippen molar-refractivity contribution in [2.45, 2.75) is 26.0 Å². The van der Waals surface area contributed by atoms with Crippen LogP contribution in [-0.4, -0.2) is 26.2 Å². The third-order valence-electron chi connectivity index (χ3n) is 4.13. The summed E-state index contributed by atoms with van der Waals surface area (Å²) in [6.45, 7) is 5.01. The average molecular weight is 296 g/mol. The Morgan fingerprint density at radius 1 is 1.18 bits per heavy atom. The minimum Gasteiger partial charge on any atom is -0.489 e. The number of anilines is 1. The topological polar surface area (TPSA) is 24.5 Å². The van der Waals surface area contributed by atoms with Crippen LogP contribution in [0.5, 0.6) is 5.75 Å². The first-order valence-corrected chi connectivity index (χ1v) is 7.96. The molecule has 22 heavy (non-hydrogen) atoms. The van der Waals surface area contributed by atoms with Crippen LogP contribution in [0.25, 0.3) is 0 Å². The molecule has 1 atom stereocenters.